The number of fused-ring (bicyclic) bond motifs is 3. The molecule has 1 aromatic carbocycles. The SMILES string of the molecule is CCOC(=O)CCn1c2c(c3cc(C)ccc31)CN(C(=O)OC(C)(C)C)CC2. The van der Waals surface area contributed by atoms with Crippen molar-refractivity contribution in [2.24, 2.45) is 0 Å². The third kappa shape index (κ3) is 4.32. The first-order valence-electron chi connectivity index (χ1n) is 9.93. The highest BCUT2D eigenvalue weighted by atomic mass is 16.6. The summed E-state index contributed by atoms with van der Waals surface area (Å²) in [6.07, 6.45) is 0.803. The number of nitrogens with zero attached hydrogens (tertiary/aromatic N) is 2. The molecule has 1 aliphatic rings. The van der Waals surface area contributed by atoms with Gasteiger partial charge in [-0.05, 0) is 46.8 Å². The lowest BCUT2D eigenvalue weighted by atomic mass is 10.0. The average molecular weight is 386 g/mol. The fourth-order valence-corrected chi connectivity index (χ4v) is 3.74. The zero-order valence-electron chi connectivity index (χ0n) is 17.5. The van der Waals surface area contributed by atoms with Gasteiger partial charge < -0.3 is 18.9 Å². The number of hydrogen-bond acceptors (Lipinski definition) is 4. The maximum Gasteiger partial charge on any atom is 0.410 e. The van der Waals surface area contributed by atoms with Gasteiger partial charge in [0, 0.05) is 41.7 Å². The molecule has 152 valence electrons. The van der Waals surface area contributed by atoms with E-state index in [0.29, 0.717) is 32.7 Å². The Bertz CT molecular complexity index is 892. The van der Waals surface area contributed by atoms with E-state index in [2.05, 4.69) is 29.7 Å². The van der Waals surface area contributed by atoms with Crippen molar-refractivity contribution in [2.45, 2.75) is 66.2 Å². The summed E-state index contributed by atoms with van der Waals surface area (Å²) in [4.78, 5) is 26.2. The summed E-state index contributed by atoms with van der Waals surface area (Å²) in [5.41, 5.74) is 4.12. The van der Waals surface area contributed by atoms with E-state index in [0.717, 1.165) is 22.9 Å². The van der Waals surface area contributed by atoms with Crippen molar-refractivity contribution in [1.29, 1.82) is 0 Å². The normalized spacial score (nSPS) is 14.1. The first-order valence-corrected chi connectivity index (χ1v) is 9.93. The fourth-order valence-electron chi connectivity index (χ4n) is 3.74. The topological polar surface area (TPSA) is 60.8 Å². The van der Waals surface area contributed by atoms with Crippen molar-refractivity contribution in [3.8, 4) is 0 Å². The third-order valence-electron chi connectivity index (χ3n) is 4.91. The molecule has 1 amide bonds. The molecule has 0 unspecified atom stereocenters. The summed E-state index contributed by atoms with van der Waals surface area (Å²) in [6.45, 7) is 11.6. The maximum absolute atomic E-state index is 12.6. The molecule has 0 radical (unpaired) electrons. The van der Waals surface area contributed by atoms with Crippen LogP contribution in [0.5, 0.6) is 0 Å². The second-order valence-electron chi connectivity index (χ2n) is 8.30. The first-order chi connectivity index (χ1) is 13.2. The molecule has 0 N–H and O–H groups in total. The highest BCUT2D eigenvalue weighted by molar-refractivity contribution is 5.87. The van der Waals surface area contributed by atoms with Gasteiger partial charge in [-0.15, -0.1) is 0 Å². The van der Waals surface area contributed by atoms with Crippen molar-refractivity contribution in [1.82, 2.24) is 9.47 Å². The molecule has 0 bridgehead atoms. The van der Waals surface area contributed by atoms with Crippen molar-refractivity contribution >= 4 is 23.0 Å². The van der Waals surface area contributed by atoms with Gasteiger partial charge in [0.2, 0.25) is 0 Å². The zero-order chi connectivity index (χ0) is 20.5. The first kappa shape index (κ1) is 20.2. The van der Waals surface area contributed by atoms with Crippen LogP contribution in [0.4, 0.5) is 4.79 Å². The van der Waals surface area contributed by atoms with E-state index in [9.17, 15) is 9.59 Å². The second kappa shape index (κ2) is 7.86. The Morgan fingerprint density at radius 2 is 1.96 bits per heavy atom. The Labute approximate surface area is 166 Å². The van der Waals surface area contributed by atoms with Crippen molar-refractivity contribution in [2.75, 3.05) is 13.2 Å². The van der Waals surface area contributed by atoms with Gasteiger partial charge in [-0.1, -0.05) is 11.6 Å². The van der Waals surface area contributed by atoms with Gasteiger partial charge in [-0.25, -0.2) is 4.79 Å². The quantitative estimate of drug-likeness (QED) is 0.739. The molecule has 0 saturated heterocycles. The number of carbonyl (C=O) groups excluding carboxylic acids is 2. The minimum absolute atomic E-state index is 0.184. The van der Waals surface area contributed by atoms with Crippen LogP contribution in [-0.4, -0.2) is 40.3 Å². The predicted molar refractivity (Wildman–Crippen MR) is 108 cm³/mol. The van der Waals surface area contributed by atoms with E-state index in [1.165, 1.54) is 11.3 Å². The number of esters is 1. The Kier molecular flexibility index (Phi) is 5.68. The molecule has 28 heavy (non-hydrogen) atoms. The number of aromatic nitrogens is 1. The number of benzene rings is 1. The Balaban J connectivity index is 1.92. The molecule has 0 fully saturated rings. The van der Waals surface area contributed by atoms with Crippen LogP contribution in [0.25, 0.3) is 10.9 Å². The molecule has 0 saturated carbocycles. The number of ether oxygens (including phenoxy) is 2. The Morgan fingerprint density at radius 3 is 2.64 bits per heavy atom. The lowest BCUT2D eigenvalue weighted by Gasteiger charge is -2.30. The molecular formula is C22H30N2O4. The van der Waals surface area contributed by atoms with Crippen LogP contribution in [0.15, 0.2) is 18.2 Å². The van der Waals surface area contributed by atoms with Crippen LogP contribution in [0.2, 0.25) is 0 Å². The van der Waals surface area contributed by atoms with Crippen molar-refractivity contribution in [3.63, 3.8) is 0 Å². The summed E-state index contributed by atoms with van der Waals surface area (Å²) in [5.74, 6) is -0.184. The molecule has 2 aromatic rings. The van der Waals surface area contributed by atoms with Crippen LogP contribution in [0.3, 0.4) is 0 Å². The lowest BCUT2D eigenvalue weighted by Crippen LogP contribution is -2.40. The molecule has 6 heteroatoms. The van der Waals surface area contributed by atoms with E-state index < -0.39 is 5.60 Å². The van der Waals surface area contributed by atoms with Gasteiger partial charge in [0.25, 0.3) is 0 Å². The second-order valence-corrected chi connectivity index (χ2v) is 8.30. The number of amides is 1. The molecule has 0 aliphatic carbocycles. The standard InChI is InChI=1S/C22H30N2O4/c1-6-27-20(25)10-12-24-18-8-7-15(2)13-16(18)17-14-23(11-9-19(17)24)21(26)28-22(3,4)5/h7-8,13H,6,9-12,14H2,1-5H3. The summed E-state index contributed by atoms with van der Waals surface area (Å²) in [5, 5.41) is 1.15. The van der Waals surface area contributed by atoms with Crippen LogP contribution >= 0.6 is 0 Å². The van der Waals surface area contributed by atoms with Crippen LogP contribution < -0.4 is 0 Å². The molecule has 0 atom stereocenters. The summed E-state index contributed by atoms with van der Waals surface area (Å²) in [7, 11) is 0. The molecule has 3 rings (SSSR count). The number of rotatable bonds is 4. The molecule has 2 heterocycles. The molecule has 6 nitrogen and oxygen atoms in total. The minimum atomic E-state index is -0.512. The van der Waals surface area contributed by atoms with Crippen molar-refractivity contribution in [3.05, 3.63) is 35.0 Å². The minimum Gasteiger partial charge on any atom is -0.466 e. The fraction of sp³-hybridized carbons (Fsp3) is 0.545. The average Bonchev–Trinajstić information content (AvgIpc) is 2.91. The van der Waals surface area contributed by atoms with Gasteiger partial charge in [0.1, 0.15) is 5.60 Å². The van der Waals surface area contributed by atoms with Crippen LogP contribution in [0.1, 0.15) is 50.9 Å². The molecule has 0 spiro atoms. The lowest BCUT2D eigenvalue weighted by molar-refractivity contribution is -0.143. The van der Waals surface area contributed by atoms with E-state index in [1.807, 2.05) is 27.7 Å². The van der Waals surface area contributed by atoms with Crippen LogP contribution in [0, 0.1) is 6.92 Å². The van der Waals surface area contributed by atoms with E-state index in [4.69, 9.17) is 9.47 Å². The maximum atomic E-state index is 12.6. The van der Waals surface area contributed by atoms with Gasteiger partial charge >= 0.3 is 12.1 Å². The van der Waals surface area contributed by atoms with Crippen LogP contribution in [-0.2, 0) is 33.8 Å². The van der Waals surface area contributed by atoms with E-state index in [1.54, 1.807) is 4.90 Å². The number of hydrogen-bond donors (Lipinski definition) is 0. The number of aryl methyl sites for hydroxylation is 2. The Hall–Kier alpha value is -2.50. The highest BCUT2D eigenvalue weighted by Gasteiger charge is 2.29. The van der Waals surface area contributed by atoms with Gasteiger partial charge in [0.05, 0.1) is 19.6 Å². The van der Waals surface area contributed by atoms with E-state index >= 15 is 0 Å². The van der Waals surface area contributed by atoms with Crippen molar-refractivity contribution < 1.29 is 19.1 Å². The van der Waals surface area contributed by atoms with E-state index in [-0.39, 0.29) is 12.1 Å². The summed E-state index contributed by atoms with van der Waals surface area (Å²) in [6, 6.07) is 6.35. The predicted octanol–water partition coefficient (Wildman–Crippen LogP) is 4.20. The van der Waals surface area contributed by atoms with Gasteiger partial charge in [-0.2, -0.15) is 0 Å². The number of carbonyl (C=O) groups is 2. The Morgan fingerprint density at radius 1 is 1.21 bits per heavy atom. The summed E-state index contributed by atoms with van der Waals surface area (Å²) < 4.78 is 12.9. The zero-order valence-corrected chi connectivity index (χ0v) is 17.5. The molecule has 1 aliphatic heterocycles. The van der Waals surface area contributed by atoms with Gasteiger partial charge in [0.15, 0.2) is 0 Å². The highest BCUT2D eigenvalue weighted by Crippen LogP contribution is 2.32. The molecular weight excluding hydrogens is 356 g/mol. The largest absolute Gasteiger partial charge is 0.466 e. The van der Waals surface area contributed by atoms with Gasteiger partial charge in [-0.3, -0.25) is 4.79 Å². The molecule has 1 aromatic heterocycles. The monoisotopic (exact) mass is 386 g/mol. The smallest absolute Gasteiger partial charge is 0.410 e. The summed E-state index contributed by atoms with van der Waals surface area (Å²) >= 11 is 0. The third-order valence-corrected chi connectivity index (χ3v) is 4.91.